The average molecular weight is 316 g/mol. The van der Waals surface area contributed by atoms with E-state index >= 15 is 0 Å². The molecule has 0 aromatic heterocycles. The third-order valence-corrected chi connectivity index (χ3v) is 3.49. The Morgan fingerprint density at radius 2 is 1.95 bits per heavy atom. The first kappa shape index (κ1) is 16.3. The Morgan fingerprint density at radius 1 is 1.23 bits per heavy atom. The highest BCUT2D eigenvalue weighted by molar-refractivity contribution is 6.33. The predicted molar refractivity (Wildman–Crippen MR) is 91.5 cm³/mol. The van der Waals surface area contributed by atoms with E-state index in [1.54, 1.807) is 30.3 Å². The Kier molecular flexibility index (Phi) is 5.40. The van der Waals surface area contributed by atoms with Crippen LogP contribution in [-0.2, 0) is 0 Å². The van der Waals surface area contributed by atoms with Crippen LogP contribution in [0.3, 0.4) is 0 Å². The summed E-state index contributed by atoms with van der Waals surface area (Å²) in [6.07, 6.45) is 4.78. The molecule has 0 saturated carbocycles. The van der Waals surface area contributed by atoms with Crippen LogP contribution in [0.1, 0.15) is 12.5 Å². The minimum absolute atomic E-state index is 0.330. The fraction of sp³-hybridized carbons (Fsp3) is 0.105. The summed E-state index contributed by atoms with van der Waals surface area (Å²) in [6, 6.07) is 10.2. The summed E-state index contributed by atoms with van der Waals surface area (Å²) in [6.45, 7) is 9.36. The van der Waals surface area contributed by atoms with Crippen LogP contribution in [0, 0.1) is 12.7 Å². The number of rotatable bonds is 5. The van der Waals surface area contributed by atoms with Gasteiger partial charge in [0.15, 0.2) is 0 Å². The molecule has 2 aromatic carbocycles. The van der Waals surface area contributed by atoms with E-state index in [-0.39, 0.29) is 0 Å². The molecule has 2 rings (SSSR count). The lowest BCUT2D eigenvalue weighted by Crippen LogP contribution is -2.10. The maximum atomic E-state index is 14.5. The Bertz CT molecular complexity index is 707. The van der Waals surface area contributed by atoms with Crippen LogP contribution in [0.5, 0.6) is 5.75 Å². The van der Waals surface area contributed by atoms with E-state index < -0.39 is 11.9 Å². The van der Waals surface area contributed by atoms with E-state index in [0.717, 1.165) is 5.56 Å². The van der Waals surface area contributed by atoms with Crippen LogP contribution in [-0.4, -0.2) is 6.10 Å². The molecule has 0 N–H and O–H groups in total. The molecule has 0 amide bonds. The van der Waals surface area contributed by atoms with Crippen LogP contribution in [0.4, 0.5) is 4.39 Å². The van der Waals surface area contributed by atoms with Gasteiger partial charge in [-0.3, -0.25) is 0 Å². The lowest BCUT2D eigenvalue weighted by atomic mass is 10.00. The minimum Gasteiger partial charge on any atom is -0.485 e. The van der Waals surface area contributed by atoms with E-state index in [4.69, 9.17) is 16.3 Å². The Morgan fingerprint density at radius 3 is 2.59 bits per heavy atom. The topological polar surface area (TPSA) is 9.23 Å². The zero-order valence-corrected chi connectivity index (χ0v) is 13.1. The first-order valence-electron chi connectivity index (χ1n) is 6.91. The summed E-state index contributed by atoms with van der Waals surface area (Å²) in [4.78, 5) is 0. The zero-order chi connectivity index (χ0) is 16.1. The van der Waals surface area contributed by atoms with Crippen molar-refractivity contribution >= 4 is 17.7 Å². The van der Waals surface area contributed by atoms with E-state index in [2.05, 4.69) is 13.5 Å². The standard InChI is InChI=1S/C19H17ClFO/c1-4-8-14-11-12-17(21)18(19(14)22-13(3)5-2)15-9-6-7-10-16(15)20/h4-13H,2-3H2,1H3/t13-/m1/s1. The van der Waals surface area contributed by atoms with Crippen molar-refractivity contribution in [3.05, 3.63) is 78.5 Å². The van der Waals surface area contributed by atoms with Crippen LogP contribution >= 0.6 is 11.6 Å². The van der Waals surface area contributed by atoms with Crippen molar-refractivity contribution in [2.75, 3.05) is 0 Å². The summed E-state index contributed by atoms with van der Waals surface area (Å²) in [5.74, 6) is 0.0127. The quantitative estimate of drug-likeness (QED) is 0.620. The molecular formula is C19H17ClFO. The van der Waals surface area contributed by atoms with Gasteiger partial charge < -0.3 is 4.74 Å². The number of halogens is 2. The molecule has 1 atom stereocenters. The van der Waals surface area contributed by atoms with Gasteiger partial charge in [-0.25, -0.2) is 4.39 Å². The van der Waals surface area contributed by atoms with Crippen molar-refractivity contribution in [1.29, 1.82) is 0 Å². The monoisotopic (exact) mass is 315 g/mol. The number of allylic oxidation sites excluding steroid dienone is 1. The van der Waals surface area contributed by atoms with Crippen molar-refractivity contribution in [3.63, 3.8) is 0 Å². The largest absolute Gasteiger partial charge is 0.485 e. The number of benzene rings is 2. The average Bonchev–Trinajstić information content (AvgIpc) is 2.51. The second kappa shape index (κ2) is 7.28. The molecule has 1 radical (unpaired) electrons. The molecule has 3 heteroatoms. The Hall–Kier alpha value is -2.06. The first-order chi connectivity index (χ1) is 10.6. The van der Waals surface area contributed by atoms with Gasteiger partial charge in [0.25, 0.3) is 0 Å². The molecule has 22 heavy (non-hydrogen) atoms. The highest BCUT2D eigenvalue weighted by Crippen LogP contribution is 2.40. The molecule has 2 aromatic rings. The van der Waals surface area contributed by atoms with Crippen molar-refractivity contribution in [3.8, 4) is 16.9 Å². The van der Waals surface area contributed by atoms with E-state index in [1.807, 2.05) is 25.1 Å². The van der Waals surface area contributed by atoms with Crippen molar-refractivity contribution < 1.29 is 9.13 Å². The van der Waals surface area contributed by atoms with Crippen LogP contribution in [0.15, 0.2) is 55.1 Å². The summed E-state index contributed by atoms with van der Waals surface area (Å²) in [5.41, 5.74) is 1.67. The summed E-state index contributed by atoms with van der Waals surface area (Å²) < 4.78 is 20.3. The first-order valence-corrected chi connectivity index (χ1v) is 7.28. The molecule has 0 bridgehead atoms. The molecule has 0 saturated heterocycles. The summed E-state index contributed by atoms with van der Waals surface area (Å²) in [7, 11) is 0. The molecule has 0 aliphatic rings. The zero-order valence-electron chi connectivity index (χ0n) is 12.4. The number of hydrogen-bond donors (Lipinski definition) is 0. The molecule has 1 nitrogen and oxygen atoms in total. The summed E-state index contributed by atoms with van der Waals surface area (Å²) >= 11 is 6.23. The molecule has 0 aliphatic carbocycles. The van der Waals surface area contributed by atoms with Crippen molar-refractivity contribution in [2.24, 2.45) is 0 Å². The fourth-order valence-electron chi connectivity index (χ4n) is 2.13. The second-order valence-electron chi connectivity index (χ2n) is 4.71. The highest BCUT2D eigenvalue weighted by Gasteiger charge is 2.19. The van der Waals surface area contributed by atoms with E-state index in [0.29, 0.717) is 21.9 Å². The van der Waals surface area contributed by atoms with Gasteiger partial charge in [0, 0.05) is 16.1 Å². The maximum absolute atomic E-state index is 14.5. The number of ether oxygens (including phenoxy) is 1. The maximum Gasteiger partial charge on any atom is 0.138 e. The highest BCUT2D eigenvalue weighted by atomic mass is 35.5. The van der Waals surface area contributed by atoms with E-state index in [9.17, 15) is 4.39 Å². The van der Waals surface area contributed by atoms with Crippen molar-refractivity contribution in [1.82, 2.24) is 0 Å². The van der Waals surface area contributed by atoms with Gasteiger partial charge in [-0.05, 0) is 32.0 Å². The molecule has 113 valence electrons. The van der Waals surface area contributed by atoms with Crippen LogP contribution < -0.4 is 4.74 Å². The third-order valence-electron chi connectivity index (χ3n) is 3.16. The van der Waals surface area contributed by atoms with Gasteiger partial charge in [0.05, 0.1) is 5.56 Å². The van der Waals surface area contributed by atoms with Crippen molar-refractivity contribution in [2.45, 2.75) is 13.0 Å². The number of hydrogen-bond acceptors (Lipinski definition) is 1. The summed E-state index contributed by atoms with van der Waals surface area (Å²) in [5, 5.41) is 0.461. The van der Waals surface area contributed by atoms with Gasteiger partial charge in [-0.15, -0.1) is 0 Å². The van der Waals surface area contributed by atoms with Gasteiger partial charge in [-0.1, -0.05) is 54.6 Å². The Balaban J connectivity index is 2.72. The minimum atomic E-state index is -0.493. The van der Waals surface area contributed by atoms with Gasteiger partial charge >= 0.3 is 0 Å². The fourth-order valence-corrected chi connectivity index (χ4v) is 2.36. The normalized spacial score (nSPS) is 12.4. The molecular weight excluding hydrogens is 299 g/mol. The third kappa shape index (κ3) is 3.40. The molecule has 0 aliphatic heterocycles. The smallest absolute Gasteiger partial charge is 0.138 e. The van der Waals surface area contributed by atoms with Crippen LogP contribution in [0.2, 0.25) is 5.02 Å². The Labute approximate surface area is 135 Å². The lowest BCUT2D eigenvalue weighted by Gasteiger charge is -2.18. The second-order valence-corrected chi connectivity index (χ2v) is 5.12. The van der Waals surface area contributed by atoms with Crippen LogP contribution in [0.25, 0.3) is 17.2 Å². The molecule has 0 heterocycles. The lowest BCUT2D eigenvalue weighted by molar-refractivity contribution is 0.294. The van der Waals surface area contributed by atoms with E-state index in [1.165, 1.54) is 6.07 Å². The molecule has 0 unspecified atom stereocenters. The molecule has 0 fully saturated rings. The predicted octanol–water partition coefficient (Wildman–Crippen LogP) is 5.95. The molecule has 0 spiro atoms. The SMILES string of the molecule is [CH2][C@H](C=C)Oc1c(C=CC)ccc(F)c1-c1ccccc1Cl. The van der Waals surface area contributed by atoms with Gasteiger partial charge in [0.1, 0.15) is 17.7 Å². The van der Waals surface area contributed by atoms with Gasteiger partial charge in [-0.2, -0.15) is 0 Å². The van der Waals surface area contributed by atoms with Gasteiger partial charge in [0.2, 0.25) is 0 Å².